The summed E-state index contributed by atoms with van der Waals surface area (Å²) in [5.41, 5.74) is 0. The highest BCUT2D eigenvalue weighted by molar-refractivity contribution is 8.02. The Morgan fingerprint density at radius 2 is 1.60 bits per heavy atom. The number of thioether (sulfide) groups is 1. The lowest BCUT2D eigenvalue weighted by Crippen LogP contribution is -2.34. The molecule has 0 aromatic heterocycles. The number of rotatable bonds is 2. The van der Waals surface area contributed by atoms with Crippen LogP contribution in [0.15, 0.2) is 0 Å². The van der Waals surface area contributed by atoms with Gasteiger partial charge in [-0.3, -0.25) is 0 Å². The normalized spacial score (nSPS) is 23.4. The van der Waals surface area contributed by atoms with Gasteiger partial charge >= 0.3 is 0 Å². The molecular formula is C5H12N2S3. The van der Waals surface area contributed by atoms with E-state index >= 15 is 0 Å². The van der Waals surface area contributed by atoms with E-state index in [-0.39, 0.29) is 0 Å². The first kappa shape index (κ1) is 9.06. The second-order valence-electron chi connectivity index (χ2n) is 1.93. The van der Waals surface area contributed by atoms with Crippen LogP contribution in [0.5, 0.6) is 0 Å². The molecule has 1 aliphatic heterocycles. The van der Waals surface area contributed by atoms with E-state index in [9.17, 15) is 0 Å². The SMILES string of the molecule is CSN1CSCN(SC)C1. The van der Waals surface area contributed by atoms with E-state index in [1.54, 1.807) is 0 Å². The second kappa shape index (κ2) is 4.77. The minimum absolute atomic E-state index is 1.09. The van der Waals surface area contributed by atoms with Gasteiger partial charge in [0, 0.05) is 0 Å². The van der Waals surface area contributed by atoms with Crippen molar-refractivity contribution in [3.63, 3.8) is 0 Å². The zero-order valence-corrected chi connectivity index (χ0v) is 8.69. The molecule has 0 N–H and O–H groups in total. The quantitative estimate of drug-likeness (QED) is 0.619. The lowest BCUT2D eigenvalue weighted by Gasteiger charge is -2.31. The first-order valence-electron chi connectivity index (χ1n) is 3.02. The molecule has 0 bridgehead atoms. The van der Waals surface area contributed by atoms with Gasteiger partial charge in [-0.1, -0.05) is 23.9 Å². The maximum atomic E-state index is 2.35. The molecule has 0 spiro atoms. The van der Waals surface area contributed by atoms with Crippen LogP contribution in [0.1, 0.15) is 0 Å². The topological polar surface area (TPSA) is 6.48 Å². The molecule has 5 heteroatoms. The van der Waals surface area contributed by atoms with Crippen LogP contribution in [0, 0.1) is 0 Å². The molecule has 0 amide bonds. The average molecular weight is 196 g/mol. The van der Waals surface area contributed by atoms with Crippen LogP contribution >= 0.6 is 35.7 Å². The van der Waals surface area contributed by atoms with Crippen molar-refractivity contribution >= 4 is 35.7 Å². The summed E-state index contributed by atoms with van der Waals surface area (Å²) in [7, 11) is 0. The molecular weight excluding hydrogens is 184 g/mol. The van der Waals surface area contributed by atoms with Gasteiger partial charge in [-0.15, -0.1) is 11.8 Å². The maximum absolute atomic E-state index is 2.35. The molecule has 10 heavy (non-hydrogen) atoms. The number of hydrogen-bond donors (Lipinski definition) is 0. The Morgan fingerprint density at radius 3 is 2.00 bits per heavy atom. The highest BCUT2D eigenvalue weighted by Crippen LogP contribution is 2.23. The molecule has 0 unspecified atom stereocenters. The fraction of sp³-hybridized carbons (Fsp3) is 1.00. The fourth-order valence-corrected chi connectivity index (χ4v) is 3.25. The molecule has 1 fully saturated rings. The van der Waals surface area contributed by atoms with Crippen LogP contribution in [-0.4, -0.2) is 39.5 Å². The third kappa shape index (κ3) is 2.54. The third-order valence-corrected chi connectivity index (χ3v) is 4.14. The van der Waals surface area contributed by atoms with E-state index in [0.717, 1.165) is 18.4 Å². The summed E-state index contributed by atoms with van der Waals surface area (Å²) in [4.78, 5) is 0. The Labute approximate surface area is 75.4 Å². The summed E-state index contributed by atoms with van der Waals surface area (Å²) in [6, 6.07) is 0. The second-order valence-corrected chi connectivity index (χ2v) is 4.62. The van der Waals surface area contributed by atoms with Crippen LogP contribution in [0.25, 0.3) is 0 Å². The summed E-state index contributed by atoms with van der Waals surface area (Å²) in [6.45, 7) is 1.09. The summed E-state index contributed by atoms with van der Waals surface area (Å²) >= 11 is 5.62. The first-order chi connectivity index (χ1) is 4.86. The molecule has 0 aromatic rings. The first-order valence-corrected chi connectivity index (χ1v) is 6.54. The van der Waals surface area contributed by atoms with Gasteiger partial charge in [0.1, 0.15) is 0 Å². The van der Waals surface area contributed by atoms with Gasteiger partial charge in [-0.25, -0.2) is 8.61 Å². The zero-order valence-electron chi connectivity index (χ0n) is 6.24. The third-order valence-electron chi connectivity index (χ3n) is 1.30. The highest BCUT2D eigenvalue weighted by atomic mass is 32.2. The lowest BCUT2D eigenvalue weighted by molar-refractivity contribution is 0.376. The minimum atomic E-state index is 1.09. The summed E-state index contributed by atoms with van der Waals surface area (Å²) in [6.07, 6.45) is 4.26. The van der Waals surface area contributed by atoms with Crippen LogP contribution in [0.4, 0.5) is 0 Å². The van der Waals surface area contributed by atoms with Crippen molar-refractivity contribution in [3.05, 3.63) is 0 Å². The molecule has 0 atom stereocenters. The number of nitrogens with zero attached hydrogens (tertiary/aromatic N) is 2. The highest BCUT2D eigenvalue weighted by Gasteiger charge is 2.15. The van der Waals surface area contributed by atoms with Gasteiger partial charge in [0.15, 0.2) is 0 Å². The molecule has 0 radical (unpaired) electrons. The van der Waals surface area contributed by atoms with E-state index in [1.807, 2.05) is 35.7 Å². The molecule has 1 heterocycles. The van der Waals surface area contributed by atoms with Gasteiger partial charge in [0.2, 0.25) is 0 Å². The molecule has 0 aromatic carbocycles. The molecule has 1 rings (SSSR count). The van der Waals surface area contributed by atoms with Crippen LogP contribution in [-0.2, 0) is 0 Å². The summed E-state index contributed by atoms with van der Waals surface area (Å²) < 4.78 is 4.70. The van der Waals surface area contributed by atoms with Gasteiger partial charge in [-0.05, 0) is 12.5 Å². The van der Waals surface area contributed by atoms with Gasteiger partial charge in [0.25, 0.3) is 0 Å². The maximum Gasteiger partial charge on any atom is 0.0722 e. The molecule has 0 aliphatic carbocycles. The fourth-order valence-electron chi connectivity index (χ4n) is 0.723. The molecule has 1 aliphatic rings. The standard InChI is InChI=1S/C5H12N2S3/c1-8-6-3-7(9-2)5-10-4-6/h3-5H2,1-2H3. The van der Waals surface area contributed by atoms with Crippen molar-refractivity contribution in [2.24, 2.45) is 0 Å². The zero-order chi connectivity index (χ0) is 7.40. The van der Waals surface area contributed by atoms with E-state index in [2.05, 4.69) is 21.1 Å². The van der Waals surface area contributed by atoms with Crippen molar-refractivity contribution in [1.82, 2.24) is 8.61 Å². The van der Waals surface area contributed by atoms with E-state index < -0.39 is 0 Å². The average Bonchev–Trinajstić information content (AvgIpc) is 2.05. The summed E-state index contributed by atoms with van der Waals surface area (Å²) in [5.74, 6) is 2.33. The van der Waals surface area contributed by atoms with Crippen molar-refractivity contribution in [3.8, 4) is 0 Å². The van der Waals surface area contributed by atoms with Gasteiger partial charge in [0.05, 0.1) is 18.4 Å². The summed E-state index contributed by atoms with van der Waals surface area (Å²) in [5, 5.41) is 0. The van der Waals surface area contributed by atoms with Crippen molar-refractivity contribution < 1.29 is 0 Å². The molecule has 2 nitrogen and oxygen atoms in total. The Bertz CT molecular complexity index is 90.9. The minimum Gasteiger partial charge on any atom is -0.226 e. The molecule has 0 saturated carbocycles. The van der Waals surface area contributed by atoms with Crippen molar-refractivity contribution in [2.75, 3.05) is 30.9 Å². The Morgan fingerprint density at radius 1 is 1.10 bits per heavy atom. The van der Waals surface area contributed by atoms with Gasteiger partial charge < -0.3 is 0 Å². The Kier molecular flexibility index (Phi) is 4.32. The Hall–Kier alpha value is 0.970. The Balaban J connectivity index is 2.25. The molecule has 60 valence electrons. The predicted molar refractivity (Wildman–Crippen MR) is 52.9 cm³/mol. The van der Waals surface area contributed by atoms with Crippen LogP contribution < -0.4 is 0 Å². The monoisotopic (exact) mass is 196 g/mol. The predicted octanol–water partition coefficient (Wildman–Crippen LogP) is 1.77. The van der Waals surface area contributed by atoms with Crippen molar-refractivity contribution in [1.29, 1.82) is 0 Å². The van der Waals surface area contributed by atoms with Crippen molar-refractivity contribution in [2.45, 2.75) is 0 Å². The van der Waals surface area contributed by atoms with E-state index in [1.165, 1.54) is 0 Å². The van der Waals surface area contributed by atoms with E-state index in [4.69, 9.17) is 0 Å². The van der Waals surface area contributed by atoms with Crippen LogP contribution in [0.3, 0.4) is 0 Å². The van der Waals surface area contributed by atoms with Crippen LogP contribution in [0.2, 0.25) is 0 Å². The number of hydrogen-bond acceptors (Lipinski definition) is 5. The smallest absolute Gasteiger partial charge is 0.0722 e. The molecule has 1 saturated heterocycles. The van der Waals surface area contributed by atoms with E-state index in [0.29, 0.717) is 0 Å². The van der Waals surface area contributed by atoms with Gasteiger partial charge in [-0.2, -0.15) is 0 Å². The lowest BCUT2D eigenvalue weighted by atomic mass is 11.0. The largest absolute Gasteiger partial charge is 0.226 e.